The van der Waals surface area contributed by atoms with Crippen LogP contribution in [0, 0.1) is 11.6 Å². The van der Waals surface area contributed by atoms with Crippen molar-refractivity contribution in [1.82, 2.24) is 0 Å². The SMILES string of the molecule is CCOc1ccc(C(N)Cc2ccc(F)c(F)c2)cc1. The van der Waals surface area contributed by atoms with Gasteiger partial charge in [-0.25, -0.2) is 8.78 Å². The van der Waals surface area contributed by atoms with Crippen molar-refractivity contribution in [3.63, 3.8) is 0 Å². The summed E-state index contributed by atoms with van der Waals surface area (Å²) in [6.45, 7) is 2.53. The molecule has 0 fully saturated rings. The molecule has 0 bridgehead atoms. The summed E-state index contributed by atoms with van der Waals surface area (Å²) in [5.74, 6) is -0.902. The molecule has 0 aliphatic rings. The van der Waals surface area contributed by atoms with Gasteiger partial charge in [-0.1, -0.05) is 18.2 Å². The van der Waals surface area contributed by atoms with E-state index in [0.29, 0.717) is 18.6 Å². The van der Waals surface area contributed by atoms with Gasteiger partial charge in [-0.15, -0.1) is 0 Å². The largest absolute Gasteiger partial charge is 0.494 e. The van der Waals surface area contributed by atoms with Crippen molar-refractivity contribution in [2.75, 3.05) is 6.61 Å². The first-order valence-electron chi connectivity index (χ1n) is 6.52. The molecule has 20 heavy (non-hydrogen) atoms. The zero-order valence-electron chi connectivity index (χ0n) is 11.3. The quantitative estimate of drug-likeness (QED) is 0.906. The highest BCUT2D eigenvalue weighted by Gasteiger charge is 2.09. The van der Waals surface area contributed by atoms with Gasteiger partial charge in [0.2, 0.25) is 0 Å². The van der Waals surface area contributed by atoms with Crippen molar-refractivity contribution < 1.29 is 13.5 Å². The second-order valence-electron chi connectivity index (χ2n) is 4.56. The Morgan fingerprint density at radius 1 is 1.05 bits per heavy atom. The molecule has 0 spiro atoms. The van der Waals surface area contributed by atoms with E-state index in [1.54, 1.807) is 6.07 Å². The third-order valence-electron chi connectivity index (χ3n) is 3.06. The van der Waals surface area contributed by atoms with Crippen LogP contribution >= 0.6 is 0 Å². The Bertz CT molecular complexity index is 569. The highest BCUT2D eigenvalue weighted by atomic mass is 19.2. The minimum atomic E-state index is -0.846. The predicted molar refractivity (Wildman–Crippen MR) is 74.6 cm³/mol. The zero-order chi connectivity index (χ0) is 14.5. The molecule has 1 atom stereocenters. The smallest absolute Gasteiger partial charge is 0.159 e. The molecule has 2 rings (SSSR count). The predicted octanol–water partition coefficient (Wildman–Crippen LogP) is 3.61. The minimum absolute atomic E-state index is 0.268. The highest BCUT2D eigenvalue weighted by Crippen LogP contribution is 2.20. The number of nitrogens with two attached hydrogens (primary N) is 1. The second kappa shape index (κ2) is 6.48. The third-order valence-corrected chi connectivity index (χ3v) is 3.06. The second-order valence-corrected chi connectivity index (χ2v) is 4.56. The van der Waals surface area contributed by atoms with Gasteiger partial charge in [0.05, 0.1) is 6.61 Å². The maximum absolute atomic E-state index is 13.1. The summed E-state index contributed by atoms with van der Waals surface area (Å²) in [7, 11) is 0. The van der Waals surface area contributed by atoms with Gasteiger partial charge in [0.1, 0.15) is 5.75 Å². The summed E-state index contributed by atoms with van der Waals surface area (Å²) in [4.78, 5) is 0. The van der Waals surface area contributed by atoms with Crippen molar-refractivity contribution in [3.05, 3.63) is 65.2 Å². The van der Waals surface area contributed by atoms with E-state index in [9.17, 15) is 8.78 Å². The van der Waals surface area contributed by atoms with E-state index in [0.717, 1.165) is 17.4 Å². The van der Waals surface area contributed by atoms with Crippen LogP contribution in [0.25, 0.3) is 0 Å². The lowest BCUT2D eigenvalue weighted by Crippen LogP contribution is -2.13. The van der Waals surface area contributed by atoms with E-state index in [2.05, 4.69) is 0 Å². The average Bonchev–Trinajstić information content (AvgIpc) is 2.44. The van der Waals surface area contributed by atoms with Crippen LogP contribution in [-0.4, -0.2) is 6.61 Å². The Morgan fingerprint density at radius 3 is 2.35 bits per heavy atom. The first-order valence-corrected chi connectivity index (χ1v) is 6.52. The maximum Gasteiger partial charge on any atom is 0.159 e. The van der Waals surface area contributed by atoms with Crippen LogP contribution in [0.3, 0.4) is 0 Å². The van der Waals surface area contributed by atoms with Crippen LogP contribution in [0.15, 0.2) is 42.5 Å². The van der Waals surface area contributed by atoms with Crippen molar-refractivity contribution in [3.8, 4) is 5.75 Å². The summed E-state index contributed by atoms with van der Waals surface area (Å²) >= 11 is 0. The van der Waals surface area contributed by atoms with E-state index >= 15 is 0 Å². The maximum atomic E-state index is 13.1. The first-order chi connectivity index (χ1) is 9.60. The topological polar surface area (TPSA) is 35.2 Å². The molecule has 0 saturated heterocycles. The van der Waals surface area contributed by atoms with Crippen LogP contribution in [0.5, 0.6) is 5.75 Å². The van der Waals surface area contributed by atoms with Crippen LogP contribution in [0.2, 0.25) is 0 Å². The summed E-state index contributed by atoms with van der Waals surface area (Å²) in [6.07, 6.45) is 0.450. The summed E-state index contributed by atoms with van der Waals surface area (Å²) < 4.78 is 31.3. The van der Waals surface area contributed by atoms with Gasteiger partial charge in [0.25, 0.3) is 0 Å². The zero-order valence-corrected chi connectivity index (χ0v) is 11.3. The first kappa shape index (κ1) is 14.5. The Hall–Kier alpha value is -1.94. The van der Waals surface area contributed by atoms with Gasteiger partial charge < -0.3 is 10.5 Å². The molecule has 1 unspecified atom stereocenters. The third kappa shape index (κ3) is 3.54. The van der Waals surface area contributed by atoms with Crippen LogP contribution in [0.4, 0.5) is 8.78 Å². The number of ether oxygens (including phenoxy) is 1. The van der Waals surface area contributed by atoms with Gasteiger partial charge in [-0.3, -0.25) is 0 Å². The monoisotopic (exact) mass is 277 g/mol. The summed E-state index contributed by atoms with van der Waals surface area (Å²) in [5, 5.41) is 0. The van der Waals surface area contributed by atoms with Crippen molar-refractivity contribution in [2.24, 2.45) is 5.73 Å². The van der Waals surface area contributed by atoms with Gasteiger partial charge in [-0.05, 0) is 48.7 Å². The molecular formula is C16H17F2NO. The van der Waals surface area contributed by atoms with E-state index in [-0.39, 0.29) is 6.04 Å². The van der Waals surface area contributed by atoms with Gasteiger partial charge >= 0.3 is 0 Å². The normalized spacial score (nSPS) is 12.2. The van der Waals surface area contributed by atoms with E-state index in [1.807, 2.05) is 31.2 Å². The molecule has 2 aromatic carbocycles. The van der Waals surface area contributed by atoms with E-state index < -0.39 is 11.6 Å². The lowest BCUT2D eigenvalue weighted by molar-refractivity contribution is 0.340. The van der Waals surface area contributed by atoms with Gasteiger partial charge in [0, 0.05) is 6.04 Å². The molecule has 0 radical (unpaired) electrons. The number of rotatable bonds is 5. The van der Waals surface area contributed by atoms with Crippen LogP contribution in [-0.2, 0) is 6.42 Å². The Labute approximate surface area is 117 Å². The fourth-order valence-corrected chi connectivity index (χ4v) is 2.02. The van der Waals surface area contributed by atoms with E-state index in [1.165, 1.54) is 6.07 Å². The van der Waals surface area contributed by atoms with Gasteiger partial charge in [0.15, 0.2) is 11.6 Å². The molecule has 106 valence electrons. The van der Waals surface area contributed by atoms with E-state index in [4.69, 9.17) is 10.5 Å². The lowest BCUT2D eigenvalue weighted by atomic mass is 9.99. The standard InChI is InChI=1S/C16H17F2NO/c1-2-20-13-6-4-12(5-7-13)16(19)10-11-3-8-14(17)15(18)9-11/h3-9,16H,2,10,19H2,1H3. The van der Waals surface area contributed by atoms with Crippen LogP contribution < -0.4 is 10.5 Å². The fraction of sp³-hybridized carbons (Fsp3) is 0.250. The molecule has 0 heterocycles. The lowest BCUT2D eigenvalue weighted by Gasteiger charge is -2.13. The van der Waals surface area contributed by atoms with Crippen molar-refractivity contribution in [2.45, 2.75) is 19.4 Å². The highest BCUT2D eigenvalue weighted by molar-refractivity contribution is 5.30. The molecule has 4 heteroatoms. The van der Waals surface area contributed by atoms with Crippen molar-refractivity contribution >= 4 is 0 Å². The summed E-state index contributed by atoms with van der Waals surface area (Å²) in [6, 6.07) is 11.1. The van der Waals surface area contributed by atoms with Crippen LogP contribution in [0.1, 0.15) is 24.1 Å². The number of hydrogen-bond donors (Lipinski definition) is 1. The van der Waals surface area contributed by atoms with Gasteiger partial charge in [-0.2, -0.15) is 0 Å². The number of benzene rings is 2. The molecule has 0 aliphatic heterocycles. The Balaban J connectivity index is 2.06. The molecular weight excluding hydrogens is 260 g/mol. The number of halogens is 2. The molecule has 0 aliphatic carbocycles. The average molecular weight is 277 g/mol. The Morgan fingerprint density at radius 2 is 1.75 bits per heavy atom. The molecule has 0 amide bonds. The molecule has 2 aromatic rings. The molecule has 0 aromatic heterocycles. The minimum Gasteiger partial charge on any atom is -0.494 e. The molecule has 0 saturated carbocycles. The molecule has 2 N–H and O–H groups in total. The Kier molecular flexibility index (Phi) is 4.69. The molecule has 2 nitrogen and oxygen atoms in total. The summed E-state index contributed by atoms with van der Waals surface area (Å²) in [5.41, 5.74) is 7.68. The van der Waals surface area contributed by atoms with Crippen molar-refractivity contribution in [1.29, 1.82) is 0 Å². The number of hydrogen-bond acceptors (Lipinski definition) is 2. The fourth-order valence-electron chi connectivity index (χ4n) is 2.02.